The molecule has 0 saturated carbocycles. The summed E-state index contributed by atoms with van der Waals surface area (Å²) < 4.78 is 0. The van der Waals surface area contributed by atoms with Crippen LogP contribution in [0.3, 0.4) is 0 Å². The van der Waals surface area contributed by atoms with E-state index in [1.165, 1.54) is 37.9 Å². The Hall–Kier alpha value is -0.860. The third-order valence-electron chi connectivity index (χ3n) is 3.92. The van der Waals surface area contributed by atoms with Gasteiger partial charge in [-0.05, 0) is 55.9 Å². The first-order valence-electron chi connectivity index (χ1n) is 7.79. The second kappa shape index (κ2) is 7.66. The highest BCUT2D eigenvalue weighted by Gasteiger charge is 2.15. The molecule has 0 saturated heterocycles. The predicted octanol–water partition coefficient (Wildman–Crippen LogP) is 3.07. The Labute approximate surface area is 118 Å². The maximum Gasteiger partial charge on any atom is 0.0236 e. The quantitative estimate of drug-likeness (QED) is 0.791. The fraction of sp³-hybridized carbons (Fsp3) is 0.647. The highest BCUT2D eigenvalue weighted by atomic mass is 15.1. The average Bonchev–Trinajstić information content (AvgIpc) is 2.60. The maximum absolute atomic E-state index is 3.53. The van der Waals surface area contributed by atoms with Gasteiger partial charge < -0.3 is 5.32 Å². The molecule has 1 aliphatic rings. The standard InChI is InChI=1S/C17H28N2/c1-3-10-18-12-15(2)13-19-11-6-9-16-7-4-5-8-17(16)14-19/h4-5,7-8,15,18H,3,6,9-14H2,1-2H3. The normalized spacial score (nSPS) is 17.8. The summed E-state index contributed by atoms with van der Waals surface area (Å²) in [4.78, 5) is 2.63. The van der Waals surface area contributed by atoms with Crippen LogP contribution in [0, 0.1) is 5.92 Å². The van der Waals surface area contributed by atoms with E-state index in [0.717, 1.165) is 25.6 Å². The van der Waals surface area contributed by atoms with E-state index in [-0.39, 0.29) is 0 Å². The minimum atomic E-state index is 0.733. The van der Waals surface area contributed by atoms with Gasteiger partial charge in [0.1, 0.15) is 0 Å². The number of nitrogens with zero attached hydrogens (tertiary/aromatic N) is 1. The Morgan fingerprint density at radius 3 is 2.84 bits per heavy atom. The number of hydrogen-bond acceptors (Lipinski definition) is 2. The number of aryl methyl sites for hydroxylation is 1. The molecular formula is C17H28N2. The summed E-state index contributed by atoms with van der Waals surface area (Å²) in [5.74, 6) is 0.733. The summed E-state index contributed by atoms with van der Waals surface area (Å²) in [6.07, 6.45) is 3.77. The summed E-state index contributed by atoms with van der Waals surface area (Å²) in [5, 5.41) is 3.53. The molecule has 1 heterocycles. The molecule has 2 nitrogen and oxygen atoms in total. The highest BCUT2D eigenvalue weighted by Crippen LogP contribution is 2.19. The van der Waals surface area contributed by atoms with Crippen molar-refractivity contribution in [1.82, 2.24) is 10.2 Å². The Bertz CT molecular complexity index is 375. The molecule has 0 fully saturated rings. The molecule has 1 unspecified atom stereocenters. The first-order chi connectivity index (χ1) is 9.29. The van der Waals surface area contributed by atoms with Gasteiger partial charge in [-0.3, -0.25) is 4.90 Å². The maximum atomic E-state index is 3.53. The van der Waals surface area contributed by atoms with E-state index in [1.54, 1.807) is 5.56 Å². The third-order valence-corrected chi connectivity index (χ3v) is 3.92. The van der Waals surface area contributed by atoms with Crippen molar-refractivity contribution in [1.29, 1.82) is 0 Å². The molecule has 1 aliphatic heterocycles. The zero-order valence-corrected chi connectivity index (χ0v) is 12.5. The Morgan fingerprint density at radius 1 is 1.26 bits per heavy atom. The first-order valence-corrected chi connectivity index (χ1v) is 7.79. The fourth-order valence-electron chi connectivity index (χ4n) is 2.96. The number of fused-ring (bicyclic) bond motifs is 1. The van der Waals surface area contributed by atoms with Crippen LogP contribution in [-0.4, -0.2) is 31.1 Å². The van der Waals surface area contributed by atoms with Gasteiger partial charge in [-0.1, -0.05) is 38.1 Å². The number of rotatable bonds is 6. The van der Waals surface area contributed by atoms with Crippen LogP contribution in [0.4, 0.5) is 0 Å². The zero-order valence-electron chi connectivity index (χ0n) is 12.5. The van der Waals surface area contributed by atoms with Crippen LogP contribution in [0.2, 0.25) is 0 Å². The minimum Gasteiger partial charge on any atom is -0.316 e. The number of hydrogen-bond donors (Lipinski definition) is 1. The first kappa shape index (κ1) is 14.5. The molecule has 0 spiro atoms. The number of nitrogens with one attached hydrogen (secondary N) is 1. The van der Waals surface area contributed by atoms with Gasteiger partial charge in [0.05, 0.1) is 0 Å². The lowest BCUT2D eigenvalue weighted by Crippen LogP contribution is -2.33. The smallest absolute Gasteiger partial charge is 0.0236 e. The summed E-state index contributed by atoms with van der Waals surface area (Å²) in [7, 11) is 0. The van der Waals surface area contributed by atoms with Crippen molar-refractivity contribution in [2.75, 3.05) is 26.2 Å². The molecular weight excluding hydrogens is 232 g/mol. The van der Waals surface area contributed by atoms with Crippen molar-refractivity contribution < 1.29 is 0 Å². The van der Waals surface area contributed by atoms with Gasteiger partial charge in [0.2, 0.25) is 0 Å². The topological polar surface area (TPSA) is 15.3 Å². The van der Waals surface area contributed by atoms with Crippen LogP contribution >= 0.6 is 0 Å². The molecule has 1 atom stereocenters. The van der Waals surface area contributed by atoms with Crippen LogP contribution < -0.4 is 5.32 Å². The summed E-state index contributed by atoms with van der Waals surface area (Å²) in [6.45, 7) is 10.5. The van der Waals surface area contributed by atoms with Crippen LogP contribution in [0.25, 0.3) is 0 Å². The summed E-state index contributed by atoms with van der Waals surface area (Å²) in [6, 6.07) is 8.94. The monoisotopic (exact) mass is 260 g/mol. The van der Waals surface area contributed by atoms with Gasteiger partial charge in [-0.25, -0.2) is 0 Å². The molecule has 2 rings (SSSR count). The average molecular weight is 260 g/mol. The van der Waals surface area contributed by atoms with Crippen LogP contribution in [0.15, 0.2) is 24.3 Å². The molecule has 0 amide bonds. The Balaban J connectivity index is 1.84. The van der Waals surface area contributed by atoms with E-state index in [9.17, 15) is 0 Å². The van der Waals surface area contributed by atoms with Gasteiger partial charge in [-0.15, -0.1) is 0 Å². The van der Waals surface area contributed by atoms with Gasteiger partial charge in [-0.2, -0.15) is 0 Å². The van der Waals surface area contributed by atoms with Crippen molar-refractivity contribution in [3.8, 4) is 0 Å². The van der Waals surface area contributed by atoms with E-state index in [2.05, 4.69) is 48.3 Å². The molecule has 1 aromatic rings. The van der Waals surface area contributed by atoms with Gasteiger partial charge >= 0.3 is 0 Å². The van der Waals surface area contributed by atoms with E-state index in [1.807, 2.05) is 0 Å². The van der Waals surface area contributed by atoms with E-state index in [0.29, 0.717) is 0 Å². The van der Waals surface area contributed by atoms with Crippen molar-refractivity contribution in [3.05, 3.63) is 35.4 Å². The predicted molar refractivity (Wildman–Crippen MR) is 82.4 cm³/mol. The Kier molecular flexibility index (Phi) is 5.87. The van der Waals surface area contributed by atoms with Gasteiger partial charge in [0.25, 0.3) is 0 Å². The molecule has 0 bridgehead atoms. The second-order valence-corrected chi connectivity index (χ2v) is 5.92. The van der Waals surface area contributed by atoms with Crippen LogP contribution in [-0.2, 0) is 13.0 Å². The SMILES string of the molecule is CCCNCC(C)CN1CCCc2ccccc2C1. The van der Waals surface area contributed by atoms with Gasteiger partial charge in [0.15, 0.2) is 0 Å². The fourth-order valence-corrected chi connectivity index (χ4v) is 2.96. The van der Waals surface area contributed by atoms with E-state index >= 15 is 0 Å². The second-order valence-electron chi connectivity index (χ2n) is 5.92. The molecule has 0 radical (unpaired) electrons. The molecule has 0 aliphatic carbocycles. The number of benzene rings is 1. The molecule has 106 valence electrons. The van der Waals surface area contributed by atoms with Gasteiger partial charge in [0, 0.05) is 13.1 Å². The van der Waals surface area contributed by atoms with Crippen molar-refractivity contribution in [3.63, 3.8) is 0 Å². The highest BCUT2D eigenvalue weighted by molar-refractivity contribution is 5.27. The lowest BCUT2D eigenvalue weighted by molar-refractivity contribution is 0.230. The summed E-state index contributed by atoms with van der Waals surface area (Å²) >= 11 is 0. The lowest BCUT2D eigenvalue weighted by Gasteiger charge is -2.24. The van der Waals surface area contributed by atoms with E-state index < -0.39 is 0 Å². The van der Waals surface area contributed by atoms with Crippen LogP contribution in [0.1, 0.15) is 37.8 Å². The van der Waals surface area contributed by atoms with Crippen molar-refractivity contribution >= 4 is 0 Å². The van der Waals surface area contributed by atoms with Crippen molar-refractivity contribution in [2.24, 2.45) is 5.92 Å². The Morgan fingerprint density at radius 2 is 2.05 bits per heavy atom. The van der Waals surface area contributed by atoms with Crippen molar-refractivity contribution in [2.45, 2.75) is 39.7 Å². The van der Waals surface area contributed by atoms with Crippen LogP contribution in [0.5, 0.6) is 0 Å². The molecule has 19 heavy (non-hydrogen) atoms. The minimum absolute atomic E-state index is 0.733. The lowest BCUT2D eigenvalue weighted by atomic mass is 10.0. The molecule has 0 aromatic heterocycles. The largest absolute Gasteiger partial charge is 0.316 e. The third kappa shape index (κ3) is 4.63. The zero-order chi connectivity index (χ0) is 13.5. The molecule has 2 heteroatoms. The summed E-state index contributed by atoms with van der Waals surface area (Å²) in [5.41, 5.74) is 3.09. The van der Waals surface area contributed by atoms with E-state index in [4.69, 9.17) is 0 Å². The molecule has 1 N–H and O–H groups in total. The molecule has 1 aromatic carbocycles.